The third kappa shape index (κ3) is 6.25. The van der Waals surface area contributed by atoms with Gasteiger partial charge in [0.1, 0.15) is 11.5 Å². The molecule has 1 heterocycles. The van der Waals surface area contributed by atoms with E-state index in [2.05, 4.69) is 4.98 Å². The van der Waals surface area contributed by atoms with Crippen molar-refractivity contribution in [3.05, 3.63) is 84.1 Å². The third-order valence-corrected chi connectivity index (χ3v) is 4.87. The number of pyridine rings is 1. The minimum atomic E-state index is -2.59. The summed E-state index contributed by atoms with van der Waals surface area (Å²) in [6.07, 6.45) is -1.70. The number of benzene rings is 2. The Bertz CT molecular complexity index is 935. The Balaban J connectivity index is 1.62. The summed E-state index contributed by atoms with van der Waals surface area (Å²) in [7, 11) is 0. The third-order valence-electron chi connectivity index (χ3n) is 4.87. The second-order valence-corrected chi connectivity index (χ2v) is 7.47. The Labute approximate surface area is 181 Å². The Hall–Kier alpha value is -2.99. The second kappa shape index (κ2) is 10.9. The maximum Gasteiger partial charge on any atom is 0.250 e. The summed E-state index contributed by atoms with van der Waals surface area (Å²) in [6.45, 7) is 4.06. The number of ether oxygens (including phenoxy) is 3. The van der Waals surface area contributed by atoms with Crippen molar-refractivity contribution >= 4 is 0 Å². The fourth-order valence-corrected chi connectivity index (χ4v) is 3.00. The first kappa shape index (κ1) is 22.7. The number of para-hydroxylation sites is 1. The summed E-state index contributed by atoms with van der Waals surface area (Å²) in [5.41, 5.74) is -0.338. The van der Waals surface area contributed by atoms with Gasteiger partial charge in [-0.05, 0) is 49.2 Å². The number of hydrogen-bond acceptors (Lipinski definition) is 4. The molecule has 2 aromatic carbocycles. The molecule has 0 aliphatic rings. The predicted molar refractivity (Wildman–Crippen MR) is 116 cm³/mol. The van der Waals surface area contributed by atoms with Crippen LogP contribution in [0, 0.1) is 0 Å². The van der Waals surface area contributed by atoms with Crippen molar-refractivity contribution in [2.45, 2.75) is 38.7 Å². The fourth-order valence-electron chi connectivity index (χ4n) is 3.00. The molecule has 1 unspecified atom stereocenters. The van der Waals surface area contributed by atoms with Gasteiger partial charge in [0.25, 0.3) is 0 Å². The quantitative estimate of drug-likeness (QED) is 0.355. The number of halogens is 2. The zero-order chi connectivity index (χ0) is 22.1. The molecule has 0 N–H and O–H groups in total. The average Bonchev–Trinajstić information content (AvgIpc) is 2.79. The highest BCUT2D eigenvalue weighted by Crippen LogP contribution is 2.33. The van der Waals surface area contributed by atoms with Crippen molar-refractivity contribution < 1.29 is 23.0 Å². The van der Waals surface area contributed by atoms with Crippen molar-refractivity contribution in [2.24, 2.45) is 0 Å². The zero-order valence-corrected chi connectivity index (χ0v) is 17.8. The van der Waals surface area contributed by atoms with Gasteiger partial charge in [-0.3, -0.25) is 0 Å². The molecule has 31 heavy (non-hydrogen) atoms. The molecule has 0 saturated carbocycles. The molecule has 0 saturated heterocycles. The first-order chi connectivity index (χ1) is 15.0. The topological polar surface area (TPSA) is 40.6 Å². The molecule has 0 radical (unpaired) electrons. The van der Waals surface area contributed by atoms with Crippen LogP contribution < -0.4 is 9.47 Å². The van der Waals surface area contributed by atoms with Crippen LogP contribution in [0.3, 0.4) is 0 Å². The molecule has 0 aliphatic heterocycles. The second-order valence-electron chi connectivity index (χ2n) is 7.47. The number of hydrogen-bond donors (Lipinski definition) is 0. The van der Waals surface area contributed by atoms with E-state index in [0.717, 1.165) is 6.42 Å². The van der Waals surface area contributed by atoms with E-state index < -0.39 is 11.8 Å². The lowest BCUT2D eigenvalue weighted by Crippen LogP contribution is -2.36. The maximum absolute atomic E-state index is 14.0. The summed E-state index contributed by atoms with van der Waals surface area (Å²) in [6, 6.07) is 21.4. The Morgan fingerprint density at radius 1 is 0.903 bits per heavy atom. The highest BCUT2D eigenvalue weighted by atomic mass is 19.3. The monoisotopic (exact) mass is 427 g/mol. The molecule has 3 rings (SSSR count). The SMILES string of the molecule is CCCOc1ccc(C(C)(COCc2cccc(Oc3ccccc3)n2)C(F)F)cc1. The van der Waals surface area contributed by atoms with Crippen molar-refractivity contribution in [2.75, 3.05) is 13.2 Å². The van der Waals surface area contributed by atoms with Crippen molar-refractivity contribution in [3.63, 3.8) is 0 Å². The molecule has 0 amide bonds. The van der Waals surface area contributed by atoms with Gasteiger partial charge in [0.2, 0.25) is 12.3 Å². The van der Waals surface area contributed by atoms with E-state index in [1.54, 1.807) is 42.5 Å². The molecular formula is C25H27F2NO3. The predicted octanol–water partition coefficient (Wildman–Crippen LogP) is 6.40. The van der Waals surface area contributed by atoms with Gasteiger partial charge in [-0.1, -0.05) is 43.3 Å². The van der Waals surface area contributed by atoms with Crippen LogP contribution in [0.5, 0.6) is 17.4 Å². The highest BCUT2D eigenvalue weighted by molar-refractivity contribution is 5.33. The number of alkyl halides is 2. The molecule has 3 aromatic rings. The first-order valence-corrected chi connectivity index (χ1v) is 10.3. The minimum absolute atomic E-state index is 0.103. The molecule has 0 fully saturated rings. The normalized spacial score (nSPS) is 13.1. The summed E-state index contributed by atoms with van der Waals surface area (Å²) in [5, 5.41) is 0. The van der Waals surface area contributed by atoms with E-state index in [-0.39, 0.29) is 13.2 Å². The van der Waals surface area contributed by atoms with Crippen LogP contribution >= 0.6 is 0 Å². The van der Waals surface area contributed by atoms with Crippen LogP contribution in [0.2, 0.25) is 0 Å². The van der Waals surface area contributed by atoms with Crippen LogP contribution in [0.1, 0.15) is 31.5 Å². The largest absolute Gasteiger partial charge is 0.494 e. The van der Waals surface area contributed by atoms with E-state index in [1.807, 2.05) is 37.3 Å². The highest BCUT2D eigenvalue weighted by Gasteiger charge is 2.37. The van der Waals surface area contributed by atoms with E-state index in [4.69, 9.17) is 14.2 Å². The van der Waals surface area contributed by atoms with Crippen molar-refractivity contribution in [3.8, 4) is 17.4 Å². The van der Waals surface area contributed by atoms with Gasteiger partial charge in [-0.2, -0.15) is 0 Å². The van der Waals surface area contributed by atoms with Crippen LogP contribution in [0.4, 0.5) is 8.78 Å². The van der Waals surface area contributed by atoms with Crippen molar-refractivity contribution in [1.82, 2.24) is 4.98 Å². The van der Waals surface area contributed by atoms with Gasteiger partial charge in [-0.15, -0.1) is 0 Å². The Kier molecular flexibility index (Phi) is 7.95. The van der Waals surface area contributed by atoms with Crippen LogP contribution in [0.25, 0.3) is 0 Å². The van der Waals surface area contributed by atoms with Crippen molar-refractivity contribution in [1.29, 1.82) is 0 Å². The lowest BCUT2D eigenvalue weighted by molar-refractivity contribution is -0.0135. The lowest BCUT2D eigenvalue weighted by atomic mass is 9.83. The van der Waals surface area contributed by atoms with Crippen LogP contribution in [-0.4, -0.2) is 24.6 Å². The fraction of sp³-hybridized carbons (Fsp3) is 0.320. The van der Waals surface area contributed by atoms with Gasteiger partial charge >= 0.3 is 0 Å². The lowest BCUT2D eigenvalue weighted by Gasteiger charge is -2.29. The minimum Gasteiger partial charge on any atom is -0.494 e. The summed E-state index contributed by atoms with van der Waals surface area (Å²) in [4.78, 5) is 4.39. The molecule has 0 aliphatic carbocycles. The van der Waals surface area contributed by atoms with E-state index in [9.17, 15) is 8.78 Å². The summed E-state index contributed by atoms with van der Waals surface area (Å²) < 4.78 is 44.8. The van der Waals surface area contributed by atoms with E-state index in [0.29, 0.717) is 35.2 Å². The van der Waals surface area contributed by atoms with Gasteiger partial charge in [-0.25, -0.2) is 13.8 Å². The molecule has 1 aromatic heterocycles. The number of aromatic nitrogens is 1. The smallest absolute Gasteiger partial charge is 0.250 e. The van der Waals surface area contributed by atoms with Crippen LogP contribution in [-0.2, 0) is 16.8 Å². The first-order valence-electron chi connectivity index (χ1n) is 10.3. The van der Waals surface area contributed by atoms with E-state index in [1.165, 1.54) is 6.92 Å². The number of nitrogens with zero attached hydrogens (tertiary/aromatic N) is 1. The van der Waals surface area contributed by atoms with E-state index >= 15 is 0 Å². The average molecular weight is 427 g/mol. The molecule has 0 spiro atoms. The molecule has 164 valence electrons. The van der Waals surface area contributed by atoms with Gasteiger partial charge < -0.3 is 14.2 Å². The van der Waals surface area contributed by atoms with Crippen LogP contribution in [0.15, 0.2) is 72.8 Å². The van der Waals surface area contributed by atoms with Gasteiger partial charge in [0, 0.05) is 6.07 Å². The molecule has 6 heteroatoms. The van der Waals surface area contributed by atoms with Gasteiger partial charge in [0.05, 0.1) is 30.9 Å². The number of rotatable bonds is 11. The molecular weight excluding hydrogens is 400 g/mol. The Morgan fingerprint density at radius 2 is 1.65 bits per heavy atom. The molecule has 4 nitrogen and oxygen atoms in total. The zero-order valence-electron chi connectivity index (χ0n) is 17.8. The molecule has 0 bridgehead atoms. The summed E-state index contributed by atoms with van der Waals surface area (Å²) >= 11 is 0. The van der Waals surface area contributed by atoms with Gasteiger partial charge in [0.15, 0.2) is 0 Å². The maximum atomic E-state index is 14.0. The Morgan fingerprint density at radius 3 is 2.32 bits per heavy atom. The standard InChI is InChI=1S/C25H27F2NO3/c1-3-16-30-21-14-12-19(13-15-21)25(2,24(26)27)18-29-17-20-8-7-11-23(28-20)31-22-9-5-4-6-10-22/h4-15,24H,3,16-18H2,1-2H3. The summed E-state index contributed by atoms with van der Waals surface area (Å²) in [5.74, 6) is 1.76. The molecule has 1 atom stereocenters.